The summed E-state index contributed by atoms with van der Waals surface area (Å²) in [5, 5.41) is 4.15. The van der Waals surface area contributed by atoms with Gasteiger partial charge in [-0.15, -0.1) is 0 Å². The van der Waals surface area contributed by atoms with Crippen LogP contribution >= 0.6 is 0 Å². The van der Waals surface area contributed by atoms with E-state index >= 15 is 0 Å². The Labute approximate surface area is 176 Å². The van der Waals surface area contributed by atoms with E-state index in [1.165, 1.54) is 75.7 Å². The quantitative estimate of drug-likeness (QED) is 0.708. The van der Waals surface area contributed by atoms with Crippen LogP contribution in [0.25, 0.3) is 0 Å². The molecule has 3 aliphatic heterocycles. The highest BCUT2D eigenvalue weighted by Crippen LogP contribution is 2.42. The number of fused-ring (bicyclic) bond motifs is 3. The fourth-order valence-electron chi connectivity index (χ4n) is 6.39. The van der Waals surface area contributed by atoms with Gasteiger partial charge in [-0.3, -0.25) is 4.90 Å². The molecule has 0 spiro atoms. The van der Waals surface area contributed by atoms with Gasteiger partial charge in [0, 0.05) is 18.0 Å². The van der Waals surface area contributed by atoms with Crippen molar-refractivity contribution < 1.29 is 0 Å². The third kappa shape index (κ3) is 4.15. The molecule has 154 valence electrons. The molecule has 2 bridgehead atoms. The first kappa shape index (κ1) is 19.3. The molecule has 1 aliphatic carbocycles. The highest BCUT2D eigenvalue weighted by atomic mass is 15.2. The first-order valence-corrected chi connectivity index (χ1v) is 12.0. The van der Waals surface area contributed by atoms with Crippen LogP contribution in [0.15, 0.2) is 60.7 Å². The van der Waals surface area contributed by atoms with Crippen molar-refractivity contribution in [2.75, 3.05) is 19.6 Å². The predicted octanol–water partition coefficient (Wildman–Crippen LogP) is 5.45. The summed E-state index contributed by atoms with van der Waals surface area (Å²) in [7, 11) is 0. The lowest BCUT2D eigenvalue weighted by molar-refractivity contribution is 0.00348. The number of hydrogen-bond donors (Lipinski definition) is 1. The summed E-state index contributed by atoms with van der Waals surface area (Å²) in [4.78, 5) is 2.81. The Hall–Kier alpha value is -1.64. The molecule has 2 aromatic carbocycles. The van der Waals surface area contributed by atoms with Crippen molar-refractivity contribution in [3.63, 3.8) is 0 Å². The topological polar surface area (TPSA) is 15.3 Å². The van der Waals surface area contributed by atoms with Gasteiger partial charge in [-0.2, -0.15) is 0 Å². The summed E-state index contributed by atoms with van der Waals surface area (Å²) >= 11 is 0. The van der Waals surface area contributed by atoms with E-state index < -0.39 is 0 Å². The summed E-state index contributed by atoms with van der Waals surface area (Å²) in [5.41, 5.74) is 2.95. The Bertz CT molecular complexity index is 705. The van der Waals surface area contributed by atoms with E-state index in [0.29, 0.717) is 18.0 Å². The number of nitrogens with zero attached hydrogens (tertiary/aromatic N) is 1. The minimum absolute atomic E-state index is 0.448. The average Bonchev–Trinajstić information content (AvgIpc) is 2.81. The van der Waals surface area contributed by atoms with E-state index in [0.717, 1.165) is 11.8 Å². The third-order valence-corrected chi connectivity index (χ3v) is 7.90. The third-order valence-electron chi connectivity index (χ3n) is 7.90. The smallest absolute Gasteiger partial charge is 0.0361 e. The standard InChI is InChI=1S/C27H36N2/c1-4-10-21(11-5-1)20-28-26-24-16-18-29(19-17-24)27(26)25(22-12-6-2-7-13-22)23-14-8-3-9-15-23/h2-3,6-9,12-15,21,24-28H,1,4-5,10-11,16-20H2. The van der Waals surface area contributed by atoms with Crippen LogP contribution in [0.4, 0.5) is 0 Å². The minimum Gasteiger partial charge on any atom is -0.312 e. The molecule has 0 amide bonds. The van der Waals surface area contributed by atoms with E-state index in [-0.39, 0.29) is 0 Å². The lowest BCUT2D eigenvalue weighted by atomic mass is 9.70. The average molecular weight is 389 g/mol. The zero-order valence-corrected chi connectivity index (χ0v) is 17.7. The number of rotatable bonds is 6. The molecule has 4 fully saturated rings. The highest BCUT2D eigenvalue weighted by molar-refractivity contribution is 5.36. The molecule has 1 N–H and O–H groups in total. The Morgan fingerprint density at radius 3 is 1.93 bits per heavy atom. The summed E-state index contributed by atoms with van der Waals surface area (Å²) in [5.74, 6) is 2.18. The summed E-state index contributed by atoms with van der Waals surface area (Å²) in [6.45, 7) is 3.77. The summed E-state index contributed by atoms with van der Waals surface area (Å²) < 4.78 is 0. The molecule has 3 saturated heterocycles. The van der Waals surface area contributed by atoms with Crippen molar-refractivity contribution in [2.45, 2.75) is 62.9 Å². The van der Waals surface area contributed by atoms with Crippen LogP contribution in [0.1, 0.15) is 62.0 Å². The monoisotopic (exact) mass is 388 g/mol. The molecule has 0 aromatic heterocycles. The molecule has 1 saturated carbocycles. The van der Waals surface area contributed by atoms with E-state index in [2.05, 4.69) is 70.9 Å². The largest absolute Gasteiger partial charge is 0.312 e. The van der Waals surface area contributed by atoms with Gasteiger partial charge in [-0.05, 0) is 68.3 Å². The second-order valence-corrected chi connectivity index (χ2v) is 9.60. The second kappa shape index (κ2) is 9.02. The van der Waals surface area contributed by atoms with Crippen molar-refractivity contribution in [2.24, 2.45) is 11.8 Å². The van der Waals surface area contributed by atoms with Gasteiger partial charge in [0.15, 0.2) is 0 Å². The van der Waals surface area contributed by atoms with Gasteiger partial charge in [0.05, 0.1) is 0 Å². The highest BCUT2D eigenvalue weighted by Gasteiger charge is 2.46. The molecule has 3 heterocycles. The van der Waals surface area contributed by atoms with Crippen molar-refractivity contribution in [1.29, 1.82) is 0 Å². The number of piperidine rings is 3. The van der Waals surface area contributed by atoms with E-state index in [9.17, 15) is 0 Å². The van der Waals surface area contributed by atoms with Crippen molar-refractivity contribution in [1.82, 2.24) is 10.2 Å². The van der Waals surface area contributed by atoms with Crippen LogP contribution in [0, 0.1) is 11.8 Å². The molecule has 0 radical (unpaired) electrons. The molecule has 2 atom stereocenters. The van der Waals surface area contributed by atoms with Crippen molar-refractivity contribution in [3.05, 3.63) is 71.8 Å². The maximum Gasteiger partial charge on any atom is 0.0361 e. The van der Waals surface area contributed by atoms with Crippen LogP contribution in [0.3, 0.4) is 0 Å². The van der Waals surface area contributed by atoms with Crippen LogP contribution in [0.5, 0.6) is 0 Å². The lowest BCUT2D eigenvalue weighted by Gasteiger charge is -2.54. The SMILES string of the molecule is c1ccc(C(c2ccccc2)C2C(NCC3CCCCC3)C3CCN2CC3)cc1. The fraction of sp³-hybridized carbons (Fsp3) is 0.556. The Morgan fingerprint density at radius 1 is 0.759 bits per heavy atom. The van der Waals surface area contributed by atoms with Crippen molar-refractivity contribution in [3.8, 4) is 0 Å². The number of nitrogens with one attached hydrogen (secondary N) is 1. The first-order valence-electron chi connectivity index (χ1n) is 12.0. The summed E-state index contributed by atoms with van der Waals surface area (Å²) in [6, 6.07) is 23.7. The maximum atomic E-state index is 4.15. The first-order chi connectivity index (χ1) is 14.4. The van der Waals surface area contributed by atoms with Gasteiger partial charge in [0.25, 0.3) is 0 Å². The maximum absolute atomic E-state index is 4.15. The van der Waals surface area contributed by atoms with Gasteiger partial charge in [-0.25, -0.2) is 0 Å². The zero-order valence-electron chi connectivity index (χ0n) is 17.7. The van der Waals surface area contributed by atoms with E-state index in [1.54, 1.807) is 0 Å². The molecule has 2 nitrogen and oxygen atoms in total. The zero-order chi connectivity index (χ0) is 19.5. The van der Waals surface area contributed by atoms with Crippen LogP contribution in [0.2, 0.25) is 0 Å². The molecule has 4 aliphatic rings. The van der Waals surface area contributed by atoms with Crippen LogP contribution in [-0.4, -0.2) is 36.6 Å². The number of benzene rings is 2. The second-order valence-electron chi connectivity index (χ2n) is 9.60. The molecular formula is C27H36N2. The van der Waals surface area contributed by atoms with Crippen molar-refractivity contribution >= 4 is 0 Å². The lowest BCUT2D eigenvalue weighted by Crippen LogP contribution is -2.65. The Kier molecular flexibility index (Phi) is 6.01. The van der Waals surface area contributed by atoms with Gasteiger partial charge < -0.3 is 5.32 Å². The molecule has 29 heavy (non-hydrogen) atoms. The number of hydrogen-bond acceptors (Lipinski definition) is 2. The minimum atomic E-state index is 0.448. The normalized spacial score (nSPS) is 30.0. The van der Waals surface area contributed by atoms with E-state index in [4.69, 9.17) is 0 Å². The fourth-order valence-corrected chi connectivity index (χ4v) is 6.39. The molecule has 2 aromatic rings. The predicted molar refractivity (Wildman–Crippen MR) is 121 cm³/mol. The van der Waals surface area contributed by atoms with Gasteiger partial charge in [-0.1, -0.05) is 79.9 Å². The van der Waals surface area contributed by atoms with Crippen LogP contribution in [-0.2, 0) is 0 Å². The van der Waals surface area contributed by atoms with E-state index in [1.807, 2.05) is 0 Å². The van der Waals surface area contributed by atoms with Crippen LogP contribution < -0.4 is 5.32 Å². The molecule has 2 unspecified atom stereocenters. The van der Waals surface area contributed by atoms with Gasteiger partial charge in [0.1, 0.15) is 0 Å². The summed E-state index contributed by atoms with van der Waals surface area (Å²) in [6.07, 6.45) is 9.92. The Morgan fingerprint density at radius 2 is 1.34 bits per heavy atom. The molecular weight excluding hydrogens is 352 g/mol. The van der Waals surface area contributed by atoms with Gasteiger partial charge in [0.2, 0.25) is 0 Å². The Balaban J connectivity index is 1.45. The molecule has 6 rings (SSSR count). The molecule has 2 heteroatoms. The van der Waals surface area contributed by atoms with Gasteiger partial charge >= 0.3 is 0 Å².